The molecule has 0 unspecified atom stereocenters. The van der Waals surface area contributed by atoms with Crippen molar-refractivity contribution in [3.8, 4) is 0 Å². The predicted molar refractivity (Wildman–Crippen MR) is 34.0 cm³/mol. The average Bonchev–Trinajstić information content (AvgIpc) is 1.59. The Morgan fingerprint density at radius 1 is 1.70 bits per heavy atom. The third-order valence-electron chi connectivity index (χ3n) is 0.520. The number of hydrogen-bond acceptors (Lipinski definition) is 4. The van der Waals surface area contributed by atoms with Gasteiger partial charge in [-0.3, -0.25) is 4.79 Å². The fraction of sp³-hybridized carbons (Fsp3) is 0.250. The molecule has 0 aromatic rings. The summed E-state index contributed by atoms with van der Waals surface area (Å²) in [6.45, 7) is 3.19. The van der Waals surface area contributed by atoms with Gasteiger partial charge in [-0.15, -0.1) is 6.58 Å². The van der Waals surface area contributed by atoms with Crippen molar-refractivity contribution in [1.82, 2.24) is 0 Å². The van der Waals surface area contributed by atoms with Crippen molar-refractivity contribution < 1.29 is 17.4 Å². The van der Waals surface area contributed by atoms with Gasteiger partial charge in [0.2, 0.25) is 0 Å². The third kappa shape index (κ3) is 5.26. The molecule has 0 aromatic carbocycles. The molecule has 2 N–H and O–H groups in total. The molecule has 0 radical (unpaired) electrons. The predicted octanol–water partition coefficient (Wildman–Crippen LogP) is -0.691. The van der Waals surface area contributed by atoms with Crippen LogP contribution in [-0.2, 0) is 19.3 Å². The number of carbonyl (C=O) groups excluding carboxylic acids is 1. The van der Waals surface area contributed by atoms with E-state index in [1.807, 2.05) is 0 Å². The molecule has 0 amide bonds. The third-order valence-corrected chi connectivity index (χ3v) is 0.938. The maximum Gasteiger partial charge on any atom is 0.382 e. The molecule has 6 heteroatoms. The highest BCUT2D eigenvalue weighted by molar-refractivity contribution is 7.84. The van der Waals surface area contributed by atoms with E-state index < -0.39 is 16.3 Å². The molecule has 0 aliphatic rings. The van der Waals surface area contributed by atoms with E-state index >= 15 is 0 Å². The van der Waals surface area contributed by atoms with Gasteiger partial charge in [0.1, 0.15) is 0 Å². The van der Waals surface area contributed by atoms with Crippen LogP contribution in [0.4, 0.5) is 0 Å². The van der Waals surface area contributed by atoms with Gasteiger partial charge < -0.3 is 4.18 Å². The van der Waals surface area contributed by atoms with Gasteiger partial charge in [-0.05, 0) is 0 Å². The summed E-state index contributed by atoms with van der Waals surface area (Å²) in [5.41, 5.74) is 0. The van der Waals surface area contributed by atoms with Gasteiger partial charge in [-0.1, -0.05) is 6.08 Å². The first kappa shape index (κ1) is 9.12. The zero-order valence-electron chi connectivity index (χ0n) is 5.11. The summed E-state index contributed by atoms with van der Waals surface area (Å²) < 4.78 is 23.8. The van der Waals surface area contributed by atoms with Gasteiger partial charge in [0.15, 0.2) is 0 Å². The summed E-state index contributed by atoms with van der Waals surface area (Å²) in [5, 5.41) is 4.36. The molecular weight excluding hydrogens is 158 g/mol. The SMILES string of the molecule is C=CCC(=O)OS(N)(=O)=O. The first-order valence-electron chi connectivity index (χ1n) is 2.31. The van der Waals surface area contributed by atoms with Gasteiger partial charge in [0, 0.05) is 0 Å². The molecule has 0 aromatic heterocycles. The van der Waals surface area contributed by atoms with Gasteiger partial charge in [-0.25, -0.2) is 0 Å². The summed E-state index contributed by atoms with van der Waals surface area (Å²) in [5.74, 6) is -0.933. The standard InChI is InChI=1S/C4H7NO4S/c1-2-3-4(6)9-10(5,7)8/h2H,1,3H2,(H2,5,7,8). The normalized spacial score (nSPS) is 10.5. The number of carbonyl (C=O) groups is 1. The van der Waals surface area contributed by atoms with Gasteiger partial charge in [0.05, 0.1) is 6.42 Å². The van der Waals surface area contributed by atoms with Crippen molar-refractivity contribution in [1.29, 1.82) is 0 Å². The van der Waals surface area contributed by atoms with Gasteiger partial charge in [0.25, 0.3) is 0 Å². The van der Waals surface area contributed by atoms with Crippen LogP contribution in [0.15, 0.2) is 12.7 Å². The minimum Gasteiger partial charge on any atom is -0.334 e. The molecule has 0 fully saturated rings. The molecule has 0 saturated carbocycles. The Hall–Kier alpha value is -0.880. The van der Waals surface area contributed by atoms with Crippen LogP contribution in [0.1, 0.15) is 6.42 Å². The second-order valence-corrected chi connectivity index (χ2v) is 2.59. The van der Waals surface area contributed by atoms with Crippen LogP contribution in [0.25, 0.3) is 0 Å². The maximum atomic E-state index is 10.3. The lowest BCUT2D eigenvalue weighted by Gasteiger charge is -1.95. The molecule has 58 valence electrons. The van der Waals surface area contributed by atoms with Crippen molar-refractivity contribution in [2.45, 2.75) is 6.42 Å². The van der Waals surface area contributed by atoms with Gasteiger partial charge >= 0.3 is 16.3 Å². The average molecular weight is 165 g/mol. The van der Waals surface area contributed by atoms with Crippen molar-refractivity contribution in [2.24, 2.45) is 5.14 Å². The molecular formula is C4H7NO4S. The molecule has 0 atom stereocenters. The van der Waals surface area contributed by atoms with Crippen LogP contribution in [0.5, 0.6) is 0 Å². The highest BCUT2D eigenvalue weighted by Crippen LogP contribution is 1.89. The molecule has 0 rings (SSSR count). The lowest BCUT2D eigenvalue weighted by molar-refractivity contribution is -0.132. The lowest BCUT2D eigenvalue weighted by atomic mass is 10.4. The molecule has 0 aliphatic carbocycles. The van der Waals surface area contributed by atoms with E-state index in [2.05, 4.69) is 15.9 Å². The summed E-state index contributed by atoms with van der Waals surface area (Å²) in [6.07, 6.45) is 1.05. The summed E-state index contributed by atoms with van der Waals surface area (Å²) in [4.78, 5) is 10.3. The number of hydrogen-bond donors (Lipinski definition) is 1. The highest BCUT2D eigenvalue weighted by Gasteiger charge is 2.08. The second kappa shape index (κ2) is 3.33. The topological polar surface area (TPSA) is 86.5 Å². The quantitative estimate of drug-likeness (QED) is 0.561. The van der Waals surface area contributed by atoms with Crippen molar-refractivity contribution in [3.63, 3.8) is 0 Å². The van der Waals surface area contributed by atoms with E-state index in [4.69, 9.17) is 0 Å². The molecule has 0 spiro atoms. The van der Waals surface area contributed by atoms with Crippen LogP contribution in [0, 0.1) is 0 Å². The molecule has 0 aliphatic heterocycles. The number of nitrogens with two attached hydrogens (primary N) is 1. The summed E-state index contributed by atoms with van der Waals surface area (Å²) in [7, 11) is -4.14. The highest BCUT2D eigenvalue weighted by atomic mass is 32.2. The van der Waals surface area contributed by atoms with Crippen LogP contribution < -0.4 is 5.14 Å². The van der Waals surface area contributed by atoms with E-state index in [0.717, 1.165) is 0 Å². The Balaban J connectivity index is 3.93. The van der Waals surface area contributed by atoms with Gasteiger partial charge in [-0.2, -0.15) is 13.6 Å². The van der Waals surface area contributed by atoms with E-state index in [9.17, 15) is 13.2 Å². The van der Waals surface area contributed by atoms with Crippen LogP contribution >= 0.6 is 0 Å². The largest absolute Gasteiger partial charge is 0.382 e. The van der Waals surface area contributed by atoms with E-state index in [0.29, 0.717) is 0 Å². The van der Waals surface area contributed by atoms with Crippen LogP contribution in [0.3, 0.4) is 0 Å². The van der Waals surface area contributed by atoms with E-state index in [1.54, 1.807) is 0 Å². The monoisotopic (exact) mass is 165 g/mol. The zero-order chi connectivity index (χ0) is 8.20. The summed E-state index contributed by atoms with van der Waals surface area (Å²) in [6, 6.07) is 0. The zero-order valence-corrected chi connectivity index (χ0v) is 5.93. The lowest BCUT2D eigenvalue weighted by Crippen LogP contribution is -2.19. The van der Waals surface area contributed by atoms with E-state index in [1.165, 1.54) is 6.08 Å². The Kier molecular flexibility index (Phi) is 3.04. The number of rotatable bonds is 3. The van der Waals surface area contributed by atoms with Crippen molar-refractivity contribution in [3.05, 3.63) is 12.7 Å². The minimum absolute atomic E-state index is 0.170. The molecule has 0 saturated heterocycles. The van der Waals surface area contributed by atoms with Crippen LogP contribution in [-0.4, -0.2) is 14.4 Å². The Bertz CT molecular complexity index is 230. The Morgan fingerprint density at radius 3 is 2.50 bits per heavy atom. The first-order chi connectivity index (χ1) is 4.45. The molecule has 5 nitrogen and oxygen atoms in total. The maximum absolute atomic E-state index is 10.3. The van der Waals surface area contributed by atoms with Crippen molar-refractivity contribution in [2.75, 3.05) is 0 Å². The van der Waals surface area contributed by atoms with Crippen LogP contribution in [0.2, 0.25) is 0 Å². The fourth-order valence-electron chi connectivity index (χ4n) is 0.281. The summed E-state index contributed by atoms with van der Waals surface area (Å²) >= 11 is 0. The van der Waals surface area contributed by atoms with Crippen molar-refractivity contribution >= 4 is 16.3 Å². The Morgan fingerprint density at radius 2 is 2.20 bits per heavy atom. The molecule has 0 bridgehead atoms. The Labute approximate surface area is 58.7 Å². The smallest absolute Gasteiger partial charge is 0.334 e. The molecule has 0 heterocycles. The van der Waals surface area contributed by atoms with E-state index in [-0.39, 0.29) is 6.42 Å². The fourth-order valence-corrected chi connectivity index (χ4v) is 0.609. The molecule has 10 heavy (non-hydrogen) atoms. The first-order valence-corrected chi connectivity index (χ1v) is 3.79. The second-order valence-electron chi connectivity index (χ2n) is 1.44. The minimum atomic E-state index is -4.14.